The predicted molar refractivity (Wildman–Crippen MR) is 131 cm³/mol. The van der Waals surface area contributed by atoms with Gasteiger partial charge in [0.25, 0.3) is 5.91 Å². The molecule has 4 rings (SSSR count). The van der Waals surface area contributed by atoms with Gasteiger partial charge >= 0.3 is 0 Å². The van der Waals surface area contributed by atoms with Crippen LogP contribution in [0.5, 0.6) is 23.0 Å². The maximum absolute atomic E-state index is 13.4. The number of fused-ring (bicyclic) bond motifs is 1. The average Bonchev–Trinajstić information content (AvgIpc) is 3.26. The van der Waals surface area contributed by atoms with Gasteiger partial charge in [-0.3, -0.25) is 9.59 Å². The Kier molecular flexibility index (Phi) is 6.91. The van der Waals surface area contributed by atoms with Crippen molar-refractivity contribution in [3.8, 4) is 23.0 Å². The number of anilines is 1. The van der Waals surface area contributed by atoms with E-state index in [9.17, 15) is 9.59 Å². The zero-order chi connectivity index (χ0) is 24.9. The molecule has 0 saturated heterocycles. The van der Waals surface area contributed by atoms with Gasteiger partial charge in [0.05, 0.1) is 33.6 Å². The van der Waals surface area contributed by atoms with Gasteiger partial charge in [0.15, 0.2) is 17.3 Å². The SMILES string of the molecule is CCOc1ccc(C(=O)c2oc3ccccc3c2NC(=O)c2cc(OC)c(OC)c(OC)c2)cc1. The Morgan fingerprint density at radius 2 is 1.51 bits per heavy atom. The van der Waals surface area contributed by atoms with E-state index in [1.165, 1.54) is 33.5 Å². The van der Waals surface area contributed by atoms with E-state index in [0.717, 1.165) is 0 Å². The summed E-state index contributed by atoms with van der Waals surface area (Å²) >= 11 is 0. The topological polar surface area (TPSA) is 96.2 Å². The lowest BCUT2D eigenvalue weighted by Gasteiger charge is -2.14. The van der Waals surface area contributed by atoms with Crippen LogP contribution in [0.2, 0.25) is 0 Å². The molecule has 0 unspecified atom stereocenters. The third kappa shape index (κ3) is 4.63. The van der Waals surface area contributed by atoms with Crippen LogP contribution in [-0.2, 0) is 0 Å². The molecule has 1 heterocycles. The van der Waals surface area contributed by atoms with Crippen LogP contribution in [0.25, 0.3) is 11.0 Å². The maximum Gasteiger partial charge on any atom is 0.256 e. The van der Waals surface area contributed by atoms with Crippen LogP contribution in [0.3, 0.4) is 0 Å². The average molecular weight is 475 g/mol. The number of carbonyl (C=O) groups is 2. The summed E-state index contributed by atoms with van der Waals surface area (Å²) in [6.07, 6.45) is 0. The number of nitrogens with one attached hydrogen (secondary N) is 1. The monoisotopic (exact) mass is 475 g/mol. The number of ketones is 1. The Balaban J connectivity index is 1.74. The second-order valence-corrected chi connectivity index (χ2v) is 7.46. The largest absolute Gasteiger partial charge is 0.494 e. The lowest BCUT2D eigenvalue weighted by Crippen LogP contribution is -2.15. The van der Waals surface area contributed by atoms with E-state index in [0.29, 0.717) is 46.1 Å². The molecular weight excluding hydrogens is 450 g/mol. The minimum absolute atomic E-state index is 0.0242. The first-order valence-corrected chi connectivity index (χ1v) is 10.9. The fourth-order valence-electron chi connectivity index (χ4n) is 3.73. The van der Waals surface area contributed by atoms with Gasteiger partial charge in [0.1, 0.15) is 11.3 Å². The molecule has 0 aliphatic rings. The van der Waals surface area contributed by atoms with Crippen LogP contribution in [0.15, 0.2) is 65.1 Å². The molecule has 8 nitrogen and oxygen atoms in total. The molecule has 0 bridgehead atoms. The van der Waals surface area contributed by atoms with Gasteiger partial charge in [0.2, 0.25) is 11.5 Å². The fraction of sp³-hybridized carbons (Fsp3) is 0.185. The molecular formula is C27H25NO7. The van der Waals surface area contributed by atoms with Gasteiger partial charge in [-0.05, 0) is 55.5 Å². The second-order valence-electron chi connectivity index (χ2n) is 7.46. The van der Waals surface area contributed by atoms with Crippen LogP contribution < -0.4 is 24.3 Å². The van der Waals surface area contributed by atoms with Crippen molar-refractivity contribution in [2.24, 2.45) is 0 Å². The first kappa shape index (κ1) is 23.7. The molecule has 0 radical (unpaired) electrons. The Hall–Kier alpha value is -4.46. The number of furan rings is 1. The molecule has 8 heteroatoms. The molecule has 35 heavy (non-hydrogen) atoms. The van der Waals surface area contributed by atoms with Gasteiger partial charge in [0, 0.05) is 16.5 Å². The summed E-state index contributed by atoms with van der Waals surface area (Å²) in [5.41, 5.74) is 1.40. The van der Waals surface area contributed by atoms with E-state index in [2.05, 4.69) is 5.32 Å². The van der Waals surface area contributed by atoms with Gasteiger partial charge in [-0.2, -0.15) is 0 Å². The number of ether oxygens (including phenoxy) is 4. The third-order valence-corrected chi connectivity index (χ3v) is 5.39. The standard InChI is InChI=1S/C27H25NO7/c1-5-34-18-12-10-16(11-13-18)24(29)26-23(19-8-6-7-9-20(19)35-26)28-27(30)17-14-21(31-2)25(33-4)22(15-17)32-3/h6-15H,5H2,1-4H3,(H,28,30). The highest BCUT2D eigenvalue weighted by Gasteiger charge is 2.25. The van der Waals surface area contributed by atoms with Gasteiger partial charge < -0.3 is 28.7 Å². The van der Waals surface area contributed by atoms with Crippen molar-refractivity contribution in [2.45, 2.75) is 6.92 Å². The lowest BCUT2D eigenvalue weighted by molar-refractivity contribution is 0.101. The zero-order valence-electron chi connectivity index (χ0n) is 19.8. The molecule has 0 aliphatic heterocycles. The summed E-state index contributed by atoms with van der Waals surface area (Å²) in [7, 11) is 4.42. The number of methoxy groups -OCH3 is 3. The molecule has 3 aromatic carbocycles. The van der Waals surface area contributed by atoms with Crippen molar-refractivity contribution in [1.82, 2.24) is 0 Å². The van der Waals surface area contributed by atoms with Crippen molar-refractivity contribution in [1.29, 1.82) is 0 Å². The van der Waals surface area contributed by atoms with Crippen LogP contribution in [-0.4, -0.2) is 39.6 Å². The molecule has 1 N–H and O–H groups in total. The number of amides is 1. The number of rotatable bonds is 9. The van der Waals surface area contributed by atoms with E-state index in [1.807, 2.05) is 6.92 Å². The van der Waals surface area contributed by atoms with Crippen molar-refractivity contribution in [2.75, 3.05) is 33.3 Å². The Labute approximate surface area is 202 Å². The van der Waals surface area contributed by atoms with Gasteiger partial charge in [-0.15, -0.1) is 0 Å². The minimum atomic E-state index is -0.475. The van der Waals surface area contributed by atoms with Crippen LogP contribution in [0.1, 0.15) is 33.4 Å². The summed E-state index contributed by atoms with van der Waals surface area (Å²) in [6, 6.07) is 16.9. The molecule has 1 amide bonds. The van der Waals surface area contributed by atoms with E-state index in [1.54, 1.807) is 48.5 Å². The summed E-state index contributed by atoms with van der Waals surface area (Å²) < 4.78 is 27.4. The summed E-state index contributed by atoms with van der Waals surface area (Å²) in [5.74, 6) is 0.868. The van der Waals surface area contributed by atoms with E-state index in [-0.39, 0.29) is 22.8 Å². The molecule has 0 saturated carbocycles. The Morgan fingerprint density at radius 3 is 2.11 bits per heavy atom. The number of carbonyl (C=O) groups excluding carboxylic acids is 2. The first-order valence-electron chi connectivity index (χ1n) is 10.9. The Morgan fingerprint density at radius 1 is 0.857 bits per heavy atom. The third-order valence-electron chi connectivity index (χ3n) is 5.39. The summed E-state index contributed by atoms with van der Waals surface area (Å²) in [5, 5.41) is 3.44. The Bertz CT molecular complexity index is 1350. The van der Waals surface area contributed by atoms with E-state index >= 15 is 0 Å². The quantitative estimate of drug-likeness (QED) is 0.326. The normalized spacial score (nSPS) is 10.6. The minimum Gasteiger partial charge on any atom is -0.494 e. The smallest absolute Gasteiger partial charge is 0.256 e. The van der Waals surface area contributed by atoms with Gasteiger partial charge in [-0.1, -0.05) is 12.1 Å². The van der Waals surface area contributed by atoms with Crippen molar-refractivity contribution in [3.63, 3.8) is 0 Å². The number of para-hydroxylation sites is 1. The maximum atomic E-state index is 13.4. The summed E-state index contributed by atoms with van der Waals surface area (Å²) in [4.78, 5) is 26.7. The van der Waals surface area contributed by atoms with Crippen molar-refractivity contribution in [3.05, 3.63) is 77.6 Å². The predicted octanol–water partition coefficient (Wildman–Crippen LogP) is 5.34. The molecule has 0 atom stereocenters. The molecule has 4 aromatic rings. The van der Waals surface area contributed by atoms with Gasteiger partial charge in [-0.25, -0.2) is 0 Å². The van der Waals surface area contributed by atoms with Crippen LogP contribution in [0, 0.1) is 0 Å². The van der Waals surface area contributed by atoms with Crippen LogP contribution >= 0.6 is 0 Å². The number of hydrogen-bond donors (Lipinski definition) is 1. The van der Waals surface area contributed by atoms with Crippen molar-refractivity contribution < 1.29 is 33.0 Å². The molecule has 180 valence electrons. The highest BCUT2D eigenvalue weighted by atomic mass is 16.5. The van der Waals surface area contributed by atoms with Crippen LogP contribution in [0.4, 0.5) is 5.69 Å². The second kappa shape index (κ2) is 10.2. The molecule has 0 aliphatic carbocycles. The number of benzene rings is 3. The fourth-order valence-corrected chi connectivity index (χ4v) is 3.73. The highest BCUT2D eigenvalue weighted by molar-refractivity contribution is 6.19. The van der Waals surface area contributed by atoms with E-state index in [4.69, 9.17) is 23.4 Å². The summed E-state index contributed by atoms with van der Waals surface area (Å²) in [6.45, 7) is 2.41. The molecule has 1 aromatic heterocycles. The first-order chi connectivity index (χ1) is 17.0. The number of hydrogen-bond acceptors (Lipinski definition) is 7. The van der Waals surface area contributed by atoms with Crippen molar-refractivity contribution >= 4 is 28.3 Å². The van der Waals surface area contributed by atoms with E-state index < -0.39 is 5.91 Å². The molecule has 0 spiro atoms. The zero-order valence-corrected chi connectivity index (χ0v) is 19.8. The highest BCUT2D eigenvalue weighted by Crippen LogP contribution is 2.39. The lowest BCUT2D eigenvalue weighted by atomic mass is 10.1. The molecule has 0 fully saturated rings.